The van der Waals surface area contributed by atoms with Gasteiger partial charge in [0.2, 0.25) is 7.37 Å². The average molecular weight is 393 g/mol. The summed E-state index contributed by atoms with van der Waals surface area (Å²) in [5, 5.41) is 13.4. The van der Waals surface area contributed by atoms with Crippen LogP contribution in [0.2, 0.25) is 0 Å². The molecular formula is C20H28NO5P. The Morgan fingerprint density at radius 3 is 2.37 bits per heavy atom. The first-order chi connectivity index (χ1) is 12.8. The molecule has 3 N–H and O–H groups in total. The van der Waals surface area contributed by atoms with Crippen molar-refractivity contribution in [2.75, 3.05) is 26.9 Å². The third-order valence-electron chi connectivity index (χ3n) is 4.34. The number of aliphatic hydroxyl groups is 1. The zero-order chi connectivity index (χ0) is 19.9. The number of ether oxygens (including phenoxy) is 2. The van der Waals surface area contributed by atoms with Crippen LogP contribution in [0.3, 0.4) is 0 Å². The number of rotatable bonds is 10. The molecule has 0 aromatic heterocycles. The Morgan fingerprint density at radius 2 is 1.74 bits per heavy atom. The molecule has 0 aliphatic carbocycles. The third kappa shape index (κ3) is 6.67. The van der Waals surface area contributed by atoms with Crippen molar-refractivity contribution in [2.45, 2.75) is 25.2 Å². The Morgan fingerprint density at radius 1 is 1.07 bits per heavy atom. The van der Waals surface area contributed by atoms with E-state index in [1.807, 2.05) is 55.5 Å². The maximum atomic E-state index is 12.4. The van der Waals surface area contributed by atoms with E-state index in [0.717, 1.165) is 11.1 Å². The summed E-state index contributed by atoms with van der Waals surface area (Å²) in [6.07, 6.45) is -0.990. The molecule has 27 heavy (non-hydrogen) atoms. The van der Waals surface area contributed by atoms with Gasteiger partial charge in [-0.1, -0.05) is 36.4 Å². The van der Waals surface area contributed by atoms with Crippen molar-refractivity contribution in [1.82, 2.24) is 5.32 Å². The molecule has 7 heteroatoms. The smallest absolute Gasteiger partial charge is 0.207 e. The molecule has 0 aliphatic heterocycles. The zero-order valence-corrected chi connectivity index (χ0v) is 16.9. The molecule has 2 aromatic carbocycles. The van der Waals surface area contributed by atoms with Gasteiger partial charge in [0, 0.05) is 18.7 Å². The van der Waals surface area contributed by atoms with Crippen molar-refractivity contribution in [2.24, 2.45) is 0 Å². The van der Waals surface area contributed by atoms with Gasteiger partial charge in [0.1, 0.15) is 0 Å². The van der Waals surface area contributed by atoms with Crippen LogP contribution in [0, 0.1) is 0 Å². The zero-order valence-electron chi connectivity index (χ0n) is 16.0. The quantitative estimate of drug-likeness (QED) is 0.538. The summed E-state index contributed by atoms with van der Waals surface area (Å²) >= 11 is 0. The standard InChI is InChI=1S/C20H28NO5P/c1-15(17-9-10-19(25-2)20(11-17)26-3)21-12-18(22)14-27(23,24)13-16-7-5-4-6-8-16/h4-11,15,18,21-22H,12-14H2,1-3H3,(H,23,24)/t15?,18-/m1/s1. The first kappa shape index (κ1) is 21.5. The highest BCUT2D eigenvalue weighted by Gasteiger charge is 2.24. The van der Waals surface area contributed by atoms with Crippen molar-refractivity contribution < 1.29 is 24.0 Å². The lowest BCUT2D eigenvalue weighted by Gasteiger charge is -2.20. The van der Waals surface area contributed by atoms with Crippen molar-refractivity contribution >= 4 is 7.37 Å². The minimum atomic E-state index is -3.45. The van der Waals surface area contributed by atoms with Crippen LogP contribution in [0.1, 0.15) is 24.1 Å². The summed E-state index contributed by atoms with van der Waals surface area (Å²) in [5.74, 6) is 1.28. The van der Waals surface area contributed by atoms with Crippen LogP contribution in [-0.4, -0.2) is 43.0 Å². The predicted octanol–water partition coefficient (Wildman–Crippen LogP) is 3.19. The second-order valence-electron chi connectivity index (χ2n) is 6.57. The topological polar surface area (TPSA) is 88.0 Å². The number of benzene rings is 2. The van der Waals surface area contributed by atoms with Gasteiger partial charge < -0.3 is 24.8 Å². The second-order valence-corrected chi connectivity index (χ2v) is 8.94. The molecule has 0 bridgehead atoms. The van der Waals surface area contributed by atoms with Crippen LogP contribution in [0.15, 0.2) is 48.5 Å². The Bertz CT molecular complexity index is 768. The Kier molecular flexibility index (Phi) is 7.87. The molecule has 0 spiro atoms. The van der Waals surface area contributed by atoms with E-state index in [1.165, 1.54) is 0 Å². The summed E-state index contributed by atoms with van der Waals surface area (Å²) in [6, 6.07) is 14.7. The van der Waals surface area contributed by atoms with Gasteiger partial charge in [0.05, 0.1) is 26.5 Å². The van der Waals surface area contributed by atoms with Gasteiger partial charge in [-0.05, 0) is 30.2 Å². The monoisotopic (exact) mass is 393 g/mol. The van der Waals surface area contributed by atoms with Crippen LogP contribution in [0.5, 0.6) is 11.5 Å². The molecule has 2 aromatic rings. The predicted molar refractivity (Wildman–Crippen MR) is 107 cm³/mol. The third-order valence-corrected chi connectivity index (χ3v) is 6.19. The van der Waals surface area contributed by atoms with Crippen LogP contribution in [-0.2, 0) is 10.7 Å². The van der Waals surface area contributed by atoms with Gasteiger partial charge in [0.15, 0.2) is 11.5 Å². The number of methoxy groups -OCH3 is 2. The Hall–Kier alpha value is -1.85. The summed E-state index contributed by atoms with van der Waals surface area (Å²) in [6.45, 7) is 2.17. The van der Waals surface area contributed by atoms with E-state index in [-0.39, 0.29) is 24.9 Å². The van der Waals surface area contributed by atoms with Gasteiger partial charge in [-0.25, -0.2) is 0 Å². The fraction of sp³-hybridized carbons (Fsp3) is 0.400. The van der Waals surface area contributed by atoms with Gasteiger partial charge >= 0.3 is 0 Å². The van der Waals surface area contributed by atoms with E-state index in [1.54, 1.807) is 14.2 Å². The number of hydrogen-bond donors (Lipinski definition) is 3. The van der Waals surface area contributed by atoms with Crippen LogP contribution in [0.25, 0.3) is 0 Å². The fourth-order valence-electron chi connectivity index (χ4n) is 2.88. The van der Waals surface area contributed by atoms with Crippen LogP contribution >= 0.6 is 7.37 Å². The number of hydrogen-bond acceptors (Lipinski definition) is 5. The largest absolute Gasteiger partial charge is 0.493 e. The first-order valence-corrected chi connectivity index (χ1v) is 10.9. The minimum Gasteiger partial charge on any atom is -0.493 e. The van der Waals surface area contributed by atoms with E-state index in [4.69, 9.17) is 9.47 Å². The fourth-order valence-corrected chi connectivity index (χ4v) is 4.58. The van der Waals surface area contributed by atoms with Crippen molar-refractivity contribution in [3.05, 3.63) is 59.7 Å². The lowest BCUT2D eigenvalue weighted by Crippen LogP contribution is -2.31. The highest BCUT2D eigenvalue weighted by molar-refractivity contribution is 7.57. The van der Waals surface area contributed by atoms with Crippen LogP contribution < -0.4 is 14.8 Å². The molecular weight excluding hydrogens is 365 g/mol. The molecule has 0 fully saturated rings. The molecule has 0 heterocycles. The Labute approximate surface area is 160 Å². The minimum absolute atomic E-state index is 0.0633. The van der Waals surface area contributed by atoms with E-state index < -0.39 is 13.5 Å². The lowest BCUT2D eigenvalue weighted by atomic mass is 10.1. The number of aliphatic hydroxyl groups excluding tert-OH is 1. The number of nitrogens with one attached hydrogen (secondary N) is 1. The van der Waals surface area contributed by atoms with Crippen LogP contribution in [0.4, 0.5) is 0 Å². The maximum absolute atomic E-state index is 12.4. The van der Waals surface area contributed by atoms with Gasteiger partial charge in [-0.2, -0.15) is 0 Å². The van der Waals surface area contributed by atoms with E-state index in [2.05, 4.69) is 5.32 Å². The maximum Gasteiger partial charge on any atom is 0.207 e. The molecule has 0 saturated carbocycles. The van der Waals surface area contributed by atoms with Crippen molar-refractivity contribution in [3.63, 3.8) is 0 Å². The summed E-state index contributed by atoms with van der Waals surface area (Å²) in [5.41, 5.74) is 1.76. The normalized spacial score (nSPS) is 15.6. The molecule has 0 aliphatic rings. The first-order valence-electron chi connectivity index (χ1n) is 8.82. The van der Waals surface area contributed by atoms with E-state index >= 15 is 0 Å². The highest BCUT2D eigenvalue weighted by atomic mass is 31.2. The molecule has 3 atom stereocenters. The summed E-state index contributed by atoms with van der Waals surface area (Å²) in [4.78, 5) is 10.2. The second kappa shape index (κ2) is 9.90. The molecule has 2 unspecified atom stereocenters. The Balaban J connectivity index is 1.89. The van der Waals surface area contributed by atoms with Crippen molar-refractivity contribution in [3.8, 4) is 11.5 Å². The summed E-state index contributed by atoms with van der Waals surface area (Å²) in [7, 11) is -0.292. The average Bonchev–Trinajstić information content (AvgIpc) is 2.65. The molecule has 148 valence electrons. The SMILES string of the molecule is COc1ccc(C(C)NC[C@@H](O)CP(=O)(O)Cc2ccccc2)cc1OC. The van der Waals surface area contributed by atoms with Crippen molar-refractivity contribution in [1.29, 1.82) is 0 Å². The van der Waals surface area contributed by atoms with E-state index in [0.29, 0.717) is 11.5 Å². The molecule has 0 saturated heterocycles. The molecule has 0 amide bonds. The van der Waals surface area contributed by atoms with Gasteiger partial charge in [-0.15, -0.1) is 0 Å². The lowest BCUT2D eigenvalue weighted by molar-refractivity contribution is 0.186. The summed E-state index contributed by atoms with van der Waals surface area (Å²) < 4.78 is 22.9. The van der Waals surface area contributed by atoms with Gasteiger partial charge in [-0.3, -0.25) is 4.57 Å². The highest BCUT2D eigenvalue weighted by Crippen LogP contribution is 2.44. The molecule has 2 rings (SSSR count). The molecule has 0 radical (unpaired) electrons. The van der Waals surface area contributed by atoms with Gasteiger partial charge in [0.25, 0.3) is 0 Å². The van der Waals surface area contributed by atoms with E-state index in [9.17, 15) is 14.6 Å². The molecule has 6 nitrogen and oxygen atoms in total.